The van der Waals surface area contributed by atoms with Crippen LogP contribution in [0.1, 0.15) is 58.0 Å². The number of hydrogen-bond acceptors (Lipinski definition) is 5. The fourth-order valence-corrected chi connectivity index (χ4v) is 4.15. The fraction of sp³-hybridized carbons (Fsp3) is 0.400. The molecule has 27 heavy (non-hydrogen) atoms. The summed E-state index contributed by atoms with van der Waals surface area (Å²) in [6.45, 7) is 6.77. The number of carbonyl (C=O) groups is 2. The number of carbonyl (C=O) groups excluding carboxylic acids is 2. The van der Waals surface area contributed by atoms with Gasteiger partial charge in [0.05, 0.1) is 6.61 Å². The van der Waals surface area contributed by atoms with Gasteiger partial charge in [0.1, 0.15) is 28.0 Å². The number of anilines is 1. The lowest BCUT2D eigenvalue weighted by molar-refractivity contribution is -0.717. The van der Waals surface area contributed by atoms with Crippen molar-refractivity contribution in [2.24, 2.45) is 5.92 Å². The Labute approximate surface area is 164 Å². The molecule has 1 heterocycles. The molecule has 0 aliphatic heterocycles. The van der Waals surface area contributed by atoms with Gasteiger partial charge in [-0.1, -0.05) is 44.2 Å². The lowest BCUT2D eigenvalue weighted by Crippen LogP contribution is -2.85. The van der Waals surface area contributed by atoms with Crippen LogP contribution in [0.15, 0.2) is 30.3 Å². The van der Waals surface area contributed by atoms with Gasteiger partial charge in [-0.3, -0.25) is 4.79 Å². The van der Waals surface area contributed by atoms with Crippen molar-refractivity contribution in [3.05, 3.63) is 51.9 Å². The number of nitrogens with one attached hydrogen (secondary N) is 1. The monoisotopic (exact) mass is 390 g/mol. The van der Waals surface area contributed by atoms with E-state index in [1.54, 1.807) is 14.0 Å². The molecule has 146 valence electrons. The van der Waals surface area contributed by atoms with Gasteiger partial charge in [-0.05, 0) is 6.92 Å². The highest BCUT2D eigenvalue weighted by molar-refractivity contribution is 7.18. The minimum Gasteiger partial charge on any atom is -0.462 e. The average molecular weight is 391 g/mol. The van der Waals surface area contributed by atoms with E-state index < -0.39 is 5.97 Å². The quantitative estimate of drug-likeness (QED) is 0.603. The van der Waals surface area contributed by atoms with Gasteiger partial charge in [0, 0.05) is 24.1 Å². The molecule has 1 atom stereocenters. The van der Waals surface area contributed by atoms with Gasteiger partial charge in [-0.15, -0.1) is 11.3 Å². The van der Waals surface area contributed by atoms with Gasteiger partial charge in [-0.2, -0.15) is 0 Å². The average Bonchev–Trinajstić information content (AvgIpc) is 2.98. The number of hydrogen-bond donors (Lipinski definition) is 3. The molecule has 0 saturated carbocycles. The summed E-state index contributed by atoms with van der Waals surface area (Å²) in [5.41, 5.74) is 8.22. The number of rotatable bonds is 8. The Morgan fingerprint density at radius 1 is 1.26 bits per heavy atom. The molecule has 1 aromatic heterocycles. The van der Waals surface area contributed by atoms with Gasteiger partial charge in [-0.25, -0.2) is 4.79 Å². The first-order valence-corrected chi connectivity index (χ1v) is 9.90. The number of ether oxygens (including phenoxy) is 1. The second-order valence-electron chi connectivity index (χ2n) is 6.57. The number of benzene rings is 1. The molecule has 7 heteroatoms. The van der Waals surface area contributed by atoms with E-state index in [2.05, 4.69) is 36.6 Å². The number of thiophene rings is 1. The third-order valence-electron chi connectivity index (χ3n) is 4.43. The van der Waals surface area contributed by atoms with Crippen LogP contribution in [0.5, 0.6) is 0 Å². The first-order chi connectivity index (χ1) is 12.9. The smallest absolute Gasteiger partial charge is 0.341 e. The van der Waals surface area contributed by atoms with Gasteiger partial charge in [0.2, 0.25) is 0 Å². The fourth-order valence-electron chi connectivity index (χ4n) is 3.12. The standard InChI is InChI=1S/C20H27N3O3S/c1-5-26-20(25)15-14(17(19(24)22-4)27-18(15)21)11-23-16(12(2)3)13-9-7-6-8-10-13/h6-10,12,16,23H,5,11,21H2,1-4H3,(H,22,24)/p+1/t16-/m1/s1. The van der Waals surface area contributed by atoms with Gasteiger partial charge >= 0.3 is 5.97 Å². The maximum Gasteiger partial charge on any atom is 0.341 e. The number of amides is 1. The van der Waals surface area contributed by atoms with Crippen molar-refractivity contribution in [3.63, 3.8) is 0 Å². The molecule has 1 aromatic carbocycles. The molecule has 0 radical (unpaired) electrons. The molecule has 0 saturated heterocycles. The van der Waals surface area contributed by atoms with E-state index in [1.165, 1.54) is 5.56 Å². The van der Waals surface area contributed by atoms with E-state index in [0.29, 0.717) is 33.5 Å². The van der Waals surface area contributed by atoms with E-state index >= 15 is 0 Å². The van der Waals surface area contributed by atoms with Crippen molar-refractivity contribution in [3.8, 4) is 0 Å². The van der Waals surface area contributed by atoms with Crippen LogP contribution in [0.3, 0.4) is 0 Å². The van der Waals surface area contributed by atoms with E-state index in [4.69, 9.17) is 10.5 Å². The number of nitrogens with two attached hydrogens (primary N) is 2. The van der Waals surface area contributed by atoms with Crippen LogP contribution in [0.2, 0.25) is 0 Å². The van der Waals surface area contributed by atoms with Crippen molar-refractivity contribution in [1.82, 2.24) is 5.32 Å². The van der Waals surface area contributed by atoms with E-state index in [0.717, 1.165) is 11.3 Å². The summed E-state index contributed by atoms with van der Waals surface area (Å²) in [6.07, 6.45) is 0. The van der Waals surface area contributed by atoms with Gasteiger partial charge in [0.15, 0.2) is 0 Å². The van der Waals surface area contributed by atoms with Crippen LogP contribution in [-0.4, -0.2) is 25.5 Å². The Morgan fingerprint density at radius 3 is 2.48 bits per heavy atom. The van der Waals surface area contributed by atoms with E-state index in [-0.39, 0.29) is 18.6 Å². The summed E-state index contributed by atoms with van der Waals surface area (Å²) in [5, 5.41) is 5.09. The second kappa shape index (κ2) is 9.53. The highest BCUT2D eigenvalue weighted by Gasteiger charge is 2.29. The normalized spacial score (nSPS) is 12.0. The highest BCUT2D eigenvalue weighted by Crippen LogP contribution is 2.31. The van der Waals surface area contributed by atoms with Crippen molar-refractivity contribution in [2.75, 3.05) is 19.4 Å². The van der Waals surface area contributed by atoms with Crippen molar-refractivity contribution < 1.29 is 19.6 Å². The molecule has 0 unspecified atom stereocenters. The van der Waals surface area contributed by atoms with Gasteiger partial charge in [0.25, 0.3) is 5.91 Å². The zero-order chi connectivity index (χ0) is 20.0. The lowest BCUT2D eigenvalue weighted by atomic mass is 9.95. The van der Waals surface area contributed by atoms with Crippen LogP contribution in [0.4, 0.5) is 5.00 Å². The molecule has 0 aliphatic rings. The maximum absolute atomic E-state index is 12.4. The summed E-state index contributed by atoms with van der Waals surface area (Å²) in [7, 11) is 1.57. The Hall–Kier alpha value is -2.38. The summed E-state index contributed by atoms with van der Waals surface area (Å²) < 4.78 is 5.16. The summed E-state index contributed by atoms with van der Waals surface area (Å²) >= 11 is 1.13. The number of quaternary nitrogens is 1. The zero-order valence-electron chi connectivity index (χ0n) is 16.2. The van der Waals surface area contributed by atoms with Gasteiger partial charge < -0.3 is 21.1 Å². The lowest BCUT2D eigenvalue weighted by Gasteiger charge is -2.20. The van der Waals surface area contributed by atoms with Crippen LogP contribution in [0.25, 0.3) is 0 Å². The molecule has 1 amide bonds. The van der Waals surface area contributed by atoms with Crippen molar-refractivity contribution >= 4 is 28.2 Å². The third kappa shape index (κ3) is 4.87. The molecule has 0 fully saturated rings. The minimum absolute atomic E-state index is 0.194. The number of esters is 1. The first kappa shape index (κ1) is 20.9. The summed E-state index contributed by atoms with van der Waals surface area (Å²) in [5.74, 6) is -0.352. The zero-order valence-corrected chi connectivity index (χ0v) is 17.1. The van der Waals surface area contributed by atoms with E-state index in [9.17, 15) is 9.59 Å². The Morgan fingerprint density at radius 2 is 1.93 bits per heavy atom. The minimum atomic E-state index is -0.481. The van der Waals surface area contributed by atoms with Crippen molar-refractivity contribution in [2.45, 2.75) is 33.4 Å². The molecular weight excluding hydrogens is 362 g/mol. The SMILES string of the molecule is CCOC(=O)c1c(N)sc(C(=O)NC)c1C[NH2+][C@@H](c1ccccc1)C(C)C. The first-order valence-electron chi connectivity index (χ1n) is 9.09. The third-order valence-corrected chi connectivity index (χ3v) is 5.49. The topological polar surface area (TPSA) is 98.0 Å². The molecule has 0 spiro atoms. The van der Waals surface area contributed by atoms with Crippen LogP contribution in [-0.2, 0) is 11.3 Å². The molecule has 5 N–H and O–H groups in total. The van der Waals surface area contributed by atoms with Crippen LogP contribution < -0.4 is 16.4 Å². The summed E-state index contributed by atoms with van der Waals surface area (Å²) in [6, 6.07) is 10.4. The maximum atomic E-state index is 12.4. The predicted octanol–water partition coefficient (Wildman–Crippen LogP) is 2.33. The molecule has 6 nitrogen and oxygen atoms in total. The van der Waals surface area contributed by atoms with Crippen molar-refractivity contribution in [1.29, 1.82) is 0 Å². The van der Waals surface area contributed by atoms with Crippen LogP contribution in [0, 0.1) is 5.92 Å². The highest BCUT2D eigenvalue weighted by atomic mass is 32.1. The second-order valence-corrected chi connectivity index (χ2v) is 7.62. The Kier molecular flexibility index (Phi) is 7.38. The number of nitrogen functional groups attached to an aromatic ring is 1. The van der Waals surface area contributed by atoms with E-state index in [1.807, 2.05) is 18.2 Å². The molecule has 2 aromatic rings. The Balaban J connectivity index is 2.37. The predicted molar refractivity (Wildman–Crippen MR) is 108 cm³/mol. The molecular formula is C20H28N3O3S+. The molecule has 0 aliphatic carbocycles. The molecule has 0 bridgehead atoms. The Bertz CT molecular complexity index is 787. The largest absolute Gasteiger partial charge is 0.462 e. The molecule has 2 rings (SSSR count). The summed E-state index contributed by atoms with van der Waals surface area (Å²) in [4.78, 5) is 25.2. The van der Waals surface area contributed by atoms with Crippen LogP contribution >= 0.6 is 11.3 Å².